The van der Waals surface area contributed by atoms with Crippen LogP contribution in [0.4, 0.5) is 0 Å². The summed E-state index contributed by atoms with van der Waals surface area (Å²) in [5.74, 6) is 1.41. The van der Waals surface area contributed by atoms with Crippen LogP contribution in [-0.4, -0.2) is 16.0 Å². The Bertz CT molecular complexity index is 462. The highest BCUT2D eigenvalue weighted by Gasteiger charge is 2.25. The van der Waals surface area contributed by atoms with Crippen LogP contribution in [0.1, 0.15) is 49.2 Å². The lowest BCUT2D eigenvalue weighted by Gasteiger charge is -2.27. The number of nitrogens with zero attached hydrogens (tertiary/aromatic N) is 1. The first kappa shape index (κ1) is 10.0. The number of nitrogens with one attached hydrogen (secondary N) is 2. The van der Waals surface area contributed by atoms with Gasteiger partial charge in [-0.15, -0.1) is 0 Å². The molecule has 1 saturated carbocycles. The molecule has 4 nitrogen and oxygen atoms in total. The molecule has 1 fully saturated rings. The number of aromatic amines is 1. The summed E-state index contributed by atoms with van der Waals surface area (Å²) < 4.78 is 0. The zero-order chi connectivity index (χ0) is 11.1. The fourth-order valence-electron chi connectivity index (χ4n) is 2.44. The van der Waals surface area contributed by atoms with Gasteiger partial charge in [-0.1, -0.05) is 6.42 Å². The molecule has 3 rings (SSSR count). The van der Waals surface area contributed by atoms with Crippen molar-refractivity contribution >= 4 is 0 Å². The lowest BCUT2D eigenvalue weighted by molar-refractivity contribution is 0.395. The van der Waals surface area contributed by atoms with Gasteiger partial charge >= 0.3 is 0 Å². The summed E-state index contributed by atoms with van der Waals surface area (Å²) in [4.78, 5) is 19.5. The van der Waals surface area contributed by atoms with Crippen LogP contribution >= 0.6 is 0 Å². The Labute approximate surface area is 94.5 Å². The fraction of sp³-hybridized carbons (Fsp3) is 0.667. The average Bonchev–Trinajstić information content (AvgIpc) is 2.17. The number of fused-ring (bicyclic) bond motifs is 1. The molecule has 1 atom stereocenters. The van der Waals surface area contributed by atoms with Gasteiger partial charge in [0.05, 0.1) is 5.69 Å². The van der Waals surface area contributed by atoms with Crippen molar-refractivity contribution in [3.8, 4) is 0 Å². The second kappa shape index (κ2) is 3.70. The normalized spacial score (nSPS) is 24.9. The van der Waals surface area contributed by atoms with Crippen LogP contribution in [0.25, 0.3) is 0 Å². The number of aromatic nitrogens is 2. The molecular weight excluding hydrogens is 202 g/mol. The molecule has 0 saturated heterocycles. The summed E-state index contributed by atoms with van der Waals surface area (Å²) in [5, 5.41) is 3.35. The van der Waals surface area contributed by atoms with E-state index in [-0.39, 0.29) is 5.56 Å². The van der Waals surface area contributed by atoms with Crippen molar-refractivity contribution in [2.75, 3.05) is 0 Å². The molecule has 4 heteroatoms. The van der Waals surface area contributed by atoms with E-state index >= 15 is 0 Å². The molecule has 1 unspecified atom stereocenters. The van der Waals surface area contributed by atoms with Crippen molar-refractivity contribution in [1.82, 2.24) is 15.3 Å². The summed E-state index contributed by atoms with van der Waals surface area (Å²) in [7, 11) is 0. The molecular formula is C12H17N3O. The van der Waals surface area contributed by atoms with Crippen LogP contribution in [-0.2, 0) is 13.0 Å². The molecule has 0 bridgehead atoms. The van der Waals surface area contributed by atoms with Gasteiger partial charge in [-0.25, -0.2) is 4.98 Å². The smallest absolute Gasteiger partial charge is 0.254 e. The first-order chi connectivity index (χ1) is 7.74. The Hall–Kier alpha value is -1.16. The van der Waals surface area contributed by atoms with Crippen molar-refractivity contribution < 1.29 is 0 Å². The van der Waals surface area contributed by atoms with Crippen molar-refractivity contribution in [2.45, 2.75) is 51.1 Å². The topological polar surface area (TPSA) is 57.8 Å². The summed E-state index contributed by atoms with van der Waals surface area (Å²) in [6.45, 7) is 2.84. The third-order valence-corrected chi connectivity index (χ3v) is 3.74. The summed E-state index contributed by atoms with van der Waals surface area (Å²) >= 11 is 0. The van der Waals surface area contributed by atoms with Crippen molar-refractivity contribution in [1.29, 1.82) is 0 Å². The Morgan fingerprint density at radius 2 is 2.19 bits per heavy atom. The SMILES string of the molecule is CC1Cc2c(nc(C3CCC3)[nH]c2=O)CN1. The van der Waals surface area contributed by atoms with Gasteiger partial charge in [-0.05, 0) is 26.2 Å². The third kappa shape index (κ3) is 1.57. The third-order valence-electron chi connectivity index (χ3n) is 3.74. The minimum Gasteiger partial charge on any atom is -0.310 e. The van der Waals surface area contributed by atoms with E-state index in [1.165, 1.54) is 19.3 Å². The number of hydrogen-bond donors (Lipinski definition) is 2. The molecule has 16 heavy (non-hydrogen) atoms. The van der Waals surface area contributed by atoms with Gasteiger partial charge < -0.3 is 10.3 Å². The number of H-pyrrole nitrogens is 1. The van der Waals surface area contributed by atoms with Crippen LogP contribution in [0.15, 0.2) is 4.79 Å². The zero-order valence-corrected chi connectivity index (χ0v) is 9.55. The average molecular weight is 219 g/mol. The maximum atomic E-state index is 12.0. The van der Waals surface area contributed by atoms with Gasteiger partial charge in [0.2, 0.25) is 0 Å². The van der Waals surface area contributed by atoms with E-state index in [4.69, 9.17) is 0 Å². The van der Waals surface area contributed by atoms with Gasteiger partial charge in [-0.2, -0.15) is 0 Å². The lowest BCUT2D eigenvalue weighted by atomic mass is 9.84. The molecule has 0 spiro atoms. The van der Waals surface area contributed by atoms with Crippen LogP contribution in [0.5, 0.6) is 0 Å². The summed E-state index contributed by atoms with van der Waals surface area (Å²) in [5.41, 5.74) is 1.93. The van der Waals surface area contributed by atoms with Crippen molar-refractivity contribution in [3.63, 3.8) is 0 Å². The number of hydrogen-bond acceptors (Lipinski definition) is 3. The lowest BCUT2D eigenvalue weighted by Crippen LogP contribution is -2.38. The van der Waals surface area contributed by atoms with Crippen LogP contribution in [0.3, 0.4) is 0 Å². The maximum Gasteiger partial charge on any atom is 0.254 e. The first-order valence-corrected chi connectivity index (χ1v) is 6.09. The predicted octanol–water partition coefficient (Wildman–Crippen LogP) is 1.07. The van der Waals surface area contributed by atoms with Crippen molar-refractivity contribution in [2.24, 2.45) is 0 Å². The highest BCUT2D eigenvalue weighted by molar-refractivity contribution is 5.23. The molecule has 0 aromatic carbocycles. The predicted molar refractivity (Wildman–Crippen MR) is 61.5 cm³/mol. The Kier molecular flexibility index (Phi) is 2.32. The summed E-state index contributed by atoms with van der Waals surface area (Å²) in [6, 6.07) is 0.380. The zero-order valence-electron chi connectivity index (χ0n) is 9.55. The van der Waals surface area contributed by atoms with Gasteiger partial charge in [0.1, 0.15) is 5.82 Å². The molecule has 2 heterocycles. The van der Waals surface area contributed by atoms with Crippen LogP contribution in [0, 0.1) is 0 Å². The van der Waals surface area contributed by atoms with E-state index in [1.54, 1.807) is 0 Å². The monoisotopic (exact) mass is 219 g/mol. The Balaban J connectivity index is 2.01. The van der Waals surface area contributed by atoms with E-state index in [1.807, 2.05) is 0 Å². The molecule has 1 aliphatic carbocycles. The van der Waals surface area contributed by atoms with Crippen LogP contribution in [0.2, 0.25) is 0 Å². The highest BCUT2D eigenvalue weighted by Crippen LogP contribution is 2.34. The van der Waals surface area contributed by atoms with Gasteiger partial charge in [0, 0.05) is 24.1 Å². The van der Waals surface area contributed by atoms with Gasteiger partial charge in [-0.3, -0.25) is 4.79 Å². The van der Waals surface area contributed by atoms with Crippen molar-refractivity contribution in [3.05, 3.63) is 27.4 Å². The molecule has 86 valence electrons. The molecule has 0 radical (unpaired) electrons. The van der Waals surface area contributed by atoms with E-state index in [0.717, 1.165) is 30.0 Å². The molecule has 2 aliphatic rings. The Morgan fingerprint density at radius 1 is 1.38 bits per heavy atom. The van der Waals surface area contributed by atoms with E-state index in [2.05, 4.69) is 22.2 Å². The quantitative estimate of drug-likeness (QED) is 0.743. The second-order valence-corrected chi connectivity index (χ2v) is 4.99. The molecule has 1 aromatic rings. The molecule has 2 N–H and O–H groups in total. The molecule has 1 aromatic heterocycles. The van der Waals surface area contributed by atoms with E-state index in [9.17, 15) is 4.79 Å². The number of rotatable bonds is 1. The van der Waals surface area contributed by atoms with E-state index < -0.39 is 0 Å². The summed E-state index contributed by atoms with van der Waals surface area (Å²) in [6.07, 6.45) is 4.40. The van der Waals surface area contributed by atoms with E-state index in [0.29, 0.717) is 12.0 Å². The van der Waals surface area contributed by atoms with Gasteiger partial charge in [0.15, 0.2) is 0 Å². The minimum atomic E-state index is 0.0836. The fourth-order valence-corrected chi connectivity index (χ4v) is 2.44. The Morgan fingerprint density at radius 3 is 2.88 bits per heavy atom. The first-order valence-electron chi connectivity index (χ1n) is 6.09. The maximum absolute atomic E-state index is 12.0. The largest absolute Gasteiger partial charge is 0.310 e. The highest BCUT2D eigenvalue weighted by atomic mass is 16.1. The molecule has 0 amide bonds. The standard InChI is InChI=1S/C12H17N3O/c1-7-5-9-10(6-13-7)14-11(15-12(9)16)8-3-2-4-8/h7-8,13H,2-6H2,1H3,(H,14,15,16). The van der Waals surface area contributed by atoms with Gasteiger partial charge in [0.25, 0.3) is 5.56 Å². The van der Waals surface area contributed by atoms with Crippen LogP contribution < -0.4 is 10.9 Å². The second-order valence-electron chi connectivity index (χ2n) is 4.99. The minimum absolute atomic E-state index is 0.0836. The molecule has 1 aliphatic heterocycles.